The lowest BCUT2D eigenvalue weighted by molar-refractivity contribution is -0.0538. The standard InChI is InChI=1S/C6H16O2SSi/c1-3-6(7-2)8-10-5-4-9/h6,9H,3-5,10H2,1-2H3. The third kappa shape index (κ3) is 5.29. The maximum atomic E-state index is 5.45. The maximum Gasteiger partial charge on any atom is 0.165 e. The third-order valence-electron chi connectivity index (χ3n) is 1.20. The Morgan fingerprint density at radius 1 is 1.60 bits per heavy atom. The molecule has 0 rings (SSSR count). The molecule has 0 spiro atoms. The van der Waals surface area contributed by atoms with E-state index in [9.17, 15) is 0 Å². The zero-order chi connectivity index (χ0) is 7.82. The van der Waals surface area contributed by atoms with E-state index in [4.69, 9.17) is 9.16 Å². The maximum absolute atomic E-state index is 5.45. The van der Waals surface area contributed by atoms with Crippen LogP contribution in [0.4, 0.5) is 0 Å². The summed E-state index contributed by atoms with van der Waals surface area (Å²) in [5.74, 6) is 0.937. The lowest BCUT2D eigenvalue weighted by atomic mass is 10.5. The van der Waals surface area contributed by atoms with Gasteiger partial charge in [0.05, 0.1) is 0 Å². The molecular weight excluding hydrogens is 164 g/mol. The molecule has 0 saturated heterocycles. The predicted octanol–water partition coefficient (Wildman–Crippen LogP) is 0.817. The number of rotatable bonds is 6. The molecular formula is C6H16O2SSi. The van der Waals surface area contributed by atoms with E-state index in [1.165, 1.54) is 0 Å². The first-order chi connectivity index (χ1) is 4.85. The lowest BCUT2D eigenvalue weighted by Crippen LogP contribution is -2.16. The second kappa shape index (κ2) is 7.59. The molecule has 0 N–H and O–H groups in total. The van der Waals surface area contributed by atoms with E-state index in [0.717, 1.165) is 18.2 Å². The van der Waals surface area contributed by atoms with Crippen LogP contribution in [0.15, 0.2) is 0 Å². The topological polar surface area (TPSA) is 18.5 Å². The van der Waals surface area contributed by atoms with Crippen molar-refractivity contribution in [2.75, 3.05) is 12.9 Å². The minimum atomic E-state index is -0.360. The number of hydrogen-bond donors (Lipinski definition) is 1. The van der Waals surface area contributed by atoms with E-state index in [0.29, 0.717) is 0 Å². The minimum absolute atomic E-state index is 0.0338. The zero-order valence-electron chi connectivity index (χ0n) is 6.67. The Balaban J connectivity index is 3.09. The Morgan fingerprint density at radius 2 is 2.30 bits per heavy atom. The highest BCUT2D eigenvalue weighted by atomic mass is 32.1. The fourth-order valence-corrected chi connectivity index (χ4v) is 1.95. The average molecular weight is 180 g/mol. The van der Waals surface area contributed by atoms with Gasteiger partial charge in [-0.3, -0.25) is 0 Å². The smallest absolute Gasteiger partial charge is 0.165 e. The molecule has 0 aliphatic carbocycles. The Labute approximate surface area is 70.6 Å². The van der Waals surface area contributed by atoms with E-state index < -0.39 is 0 Å². The summed E-state index contributed by atoms with van der Waals surface area (Å²) in [7, 11) is 1.32. The molecule has 62 valence electrons. The summed E-state index contributed by atoms with van der Waals surface area (Å²) < 4.78 is 10.5. The van der Waals surface area contributed by atoms with Gasteiger partial charge in [0.15, 0.2) is 9.76 Å². The highest BCUT2D eigenvalue weighted by Gasteiger charge is 2.01. The van der Waals surface area contributed by atoms with Gasteiger partial charge in [0.1, 0.15) is 6.29 Å². The first kappa shape index (κ1) is 10.5. The van der Waals surface area contributed by atoms with Crippen LogP contribution in [-0.2, 0) is 9.16 Å². The molecule has 0 aromatic rings. The zero-order valence-corrected chi connectivity index (χ0v) is 8.98. The second-order valence-electron chi connectivity index (χ2n) is 2.02. The molecule has 0 saturated carbocycles. The van der Waals surface area contributed by atoms with Gasteiger partial charge in [-0.1, -0.05) is 6.92 Å². The van der Waals surface area contributed by atoms with Crippen LogP contribution < -0.4 is 0 Å². The van der Waals surface area contributed by atoms with E-state index in [-0.39, 0.29) is 16.1 Å². The van der Waals surface area contributed by atoms with Crippen LogP contribution in [0.25, 0.3) is 0 Å². The van der Waals surface area contributed by atoms with E-state index in [1.807, 2.05) is 0 Å². The number of hydrogen-bond acceptors (Lipinski definition) is 3. The minimum Gasteiger partial charge on any atom is -0.400 e. The van der Waals surface area contributed by atoms with Crippen molar-refractivity contribution in [3.05, 3.63) is 0 Å². The molecule has 0 heterocycles. The molecule has 1 atom stereocenters. The quantitative estimate of drug-likeness (QED) is 0.282. The normalized spacial score (nSPS) is 14.7. The molecule has 10 heavy (non-hydrogen) atoms. The van der Waals surface area contributed by atoms with Gasteiger partial charge in [-0.25, -0.2) is 0 Å². The van der Waals surface area contributed by atoms with Crippen LogP contribution in [0.5, 0.6) is 0 Å². The molecule has 0 aliphatic rings. The van der Waals surface area contributed by atoms with E-state index in [1.54, 1.807) is 7.11 Å². The van der Waals surface area contributed by atoms with Crippen molar-refractivity contribution >= 4 is 22.4 Å². The second-order valence-corrected chi connectivity index (χ2v) is 3.92. The van der Waals surface area contributed by atoms with Crippen LogP contribution >= 0.6 is 12.6 Å². The first-order valence-corrected chi connectivity index (χ1v) is 5.81. The Morgan fingerprint density at radius 3 is 2.70 bits per heavy atom. The summed E-state index contributed by atoms with van der Waals surface area (Å²) in [5, 5.41) is 0. The van der Waals surface area contributed by atoms with Gasteiger partial charge in [-0.2, -0.15) is 12.6 Å². The first-order valence-electron chi connectivity index (χ1n) is 3.60. The van der Waals surface area contributed by atoms with Crippen LogP contribution in [0, 0.1) is 0 Å². The molecule has 0 aliphatic heterocycles. The van der Waals surface area contributed by atoms with Crippen LogP contribution in [0.1, 0.15) is 13.3 Å². The monoisotopic (exact) mass is 180 g/mol. The van der Waals surface area contributed by atoms with Crippen molar-refractivity contribution in [1.82, 2.24) is 0 Å². The van der Waals surface area contributed by atoms with Gasteiger partial charge >= 0.3 is 0 Å². The van der Waals surface area contributed by atoms with Crippen molar-refractivity contribution < 1.29 is 9.16 Å². The SMILES string of the molecule is CCC(OC)O[SiH2]CCS. The van der Waals surface area contributed by atoms with Crippen LogP contribution in [0.3, 0.4) is 0 Å². The van der Waals surface area contributed by atoms with Crippen LogP contribution in [0.2, 0.25) is 6.04 Å². The number of methoxy groups -OCH3 is 1. The summed E-state index contributed by atoms with van der Waals surface area (Å²) >= 11 is 4.10. The van der Waals surface area contributed by atoms with Crippen molar-refractivity contribution in [3.8, 4) is 0 Å². The lowest BCUT2D eigenvalue weighted by Gasteiger charge is -2.13. The van der Waals surface area contributed by atoms with Gasteiger partial charge in [-0.15, -0.1) is 0 Å². The van der Waals surface area contributed by atoms with Gasteiger partial charge in [-0.05, 0) is 18.2 Å². The highest BCUT2D eigenvalue weighted by molar-refractivity contribution is 7.80. The summed E-state index contributed by atoms with van der Waals surface area (Å²) in [5.41, 5.74) is 0. The average Bonchev–Trinajstić information content (AvgIpc) is 1.99. The number of thiol groups is 1. The molecule has 4 heteroatoms. The molecule has 0 aromatic heterocycles. The summed E-state index contributed by atoms with van der Waals surface area (Å²) in [4.78, 5) is 0. The molecule has 0 fully saturated rings. The fourth-order valence-electron chi connectivity index (χ4n) is 0.632. The van der Waals surface area contributed by atoms with Crippen molar-refractivity contribution in [1.29, 1.82) is 0 Å². The van der Waals surface area contributed by atoms with Gasteiger partial charge in [0.2, 0.25) is 0 Å². The van der Waals surface area contributed by atoms with E-state index >= 15 is 0 Å². The van der Waals surface area contributed by atoms with Crippen molar-refractivity contribution in [2.24, 2.45) is 0 Å². The Hall–Kier alpha value is 0.487. The van der Waals surface area contributed by atoms with E-state index in [2.05, 4.69) is 19.6 Å². The molecule has 0 aromatic carbocycles. The van der Waals surface area contributed by atoms with Gasteiger partial charge in [0.25, 0.3) is 0 Å². The third-order valence-corrected chi connectivity index (χ3v) is 3.36. The molecule has 0 radical (unpaired) electrons. The fraction of sp³-hybridized carbons (Fsp3) is 1.00. The molecule has 2 nitrogen and oxygen atoms in total. The summed E-state index contributed by atoms with van der Waals surface area (Å²) in [6.07, 6.45) is 0.974. The van der Waals surface area contributed by atoms with Crippen molar-refractivity contribution in [3.63, 3.8) is 0 Å². The Bertz CT molecular complexity index is 68.8. The van der Waals surface area contributed by atoms with Gasteiger partial charge < -0.3 is 9.16 Å². The summed E-state index contributed by atoms with van der Waals surface area (Å²) in [6.45, 7) is 2.06. The molecule has 0 amide bonds. The molecule has 0 bridgehead atoms. The van der Waals surface area contributed by atoms with Crippen LogP contribution in [-0.4, -0.2) is 28.9 Å². The largest absolute Gasteiger partial charge is 0.400 e. The Kier molecular flexibility index (Phi) is 7.96. The number of ether oxygens (including phenoxy) is 1. The summed E-state index contributed by atoms with van der Waals surface area (Å²) in [6, 6.07) is 1.13. The predicted molar refractivity (Wildman–Crippen MR) is 49.4 cm³/mol. The van der Waals surface area contributed by atoms with Crippen molar-refractivity contribution in [2.45, 2.75) is 25.7 Å². The van der Waals surface area contributed by atoms with Gasteiger partial charge in [0, 0.05) is 7.11 Å². The highest BCUT2D eigenvalue weighted by Crippen LogP contribution is 1.97. The molecule has 1 unspecified atom stereocenters.